The Labute approximate surface area is 160 Å². The molecule has 0 bridgehead atoms. The van der Waals surface area contributed by atoms with Crippen molar-refractivity contribution >= 4 is 57.1 Å². The van der Waals surface area contributed by atoms with Crippen LogP contribution in [-0.4, -0.2) is 45.4 Å². The molecule has 0 amide bonds. The first-order chi connectivity index (χ1) is 12.6. The zero-order valence-corrected chi connectivity index (χ0v) is 15.4. The summed E-state index contributed by atoms with van der Waals surface area (Å²) in [5.74, 6) is 0.235. The Bertz CT molecular complexity index is 848. The van der Waals surface area contributed by atoms with Crippen molar-refractivity contribution in [3.8, 4) is 0 Å². The Morgan fingerprint density at radius 3 is 3.08 bits per heavy atom. The van der Waals surface area contributed by atoms with Gasteiger partial charge < -0.3 is 16.2 Å². The van der Waals surface area contributed by atoms with Gasteiger partial charge in [-0.3, -0.25) is 4.94 Å². The van der Waals surface area contributed by atoms with Crippen molar-refractivity contribution in [2.45, 2.75) is 10.4 Å². The maximum Gasteiger partial charge on any atom is 0.203 e. The highest BCUT2D eigenvalue weighted by Gasteiger charge is 2.28. The summed E-state index contributed by atoms with van der Waals surface area (Å²) < 4.78 is 14.0. The number of nitrogens with two attached hydrogens (primary N) is 1. The number of rotatable bonds is 6. The molecule has 26 heavy (non-hydrogen) atoms. The molecule has 1 aromatic heterocycles. The largest absolute Gasteiger partial charge is 0.374 e. The molecule has 0 fully saturated rings. The fraction of sp³-hybridized carbons (Fsp3) is 0.231. The van der Waals surface area contributed by atoms with E-state index in [-0.39, 0.29) is 16.9 Å². The van der Waals surface area contributed by atoms with Gasteiger partial charge in [-0.2, -0.15) is 0 Å². The van der Waals surface area contributed by atoms with E-state index < -0.39 is 12.5 Å². The van der Waals surface area contributed by atoms with Crippen molar-refractivity contribution in [1.29, 1.82) is 0 Å². The number of aliphatic hydroxyl groups excluding tert-OH is 1. The van der Waals surface area contributed by atoms with Gasteiger partial charge in [0.15, 0.2) is 10.2 Å². The summed E-state index contributed by atoms with van der Waals surface area (Å²) in [6, 6.07) is 3.78. The third-order valence-electron chi connectivity index (χ3n) is 3.12. The summed E-state index contributed by atoms with van der Waals surface area (Å²) in [7, 11) is 0. The molecule has 0 radical (unpaired) electrons. The molecule has 3 rings (SSSR count). The third-order valence-corrected chi connectivity index (χ3v) is 5.39. The van der Waals surface area contributed by atoms with E-state index in [1.165, 1.54) is 41.3 Å². The normalized spacial score (nSPS) is 17.1. The lowest BCUT2D eigenvalue weighted by molar-refractivity contribution is 0.0637. The number of oxime groups is 1. The number of hydroxylamine groups is 1. The van der Waals surface area contributed by atoms with Gasteiger partial charge >= 0.3 is 0 Å². The Morgan fingerprint density at radius 2 is 2.38 bits per heavy atom. The molecule has 0 spiro atoms. The predicted octanol–water partition coefficient (Wildman–Crippen LogP) is 1.72. The smallest absolute Gasteiger partial charge is 0.203 e. The molecular weight excluding hydrogens is 405 g/mol. The van der Waals surface area contributed by atoms with Crippen LogP contribution in [0.1, 0.15) is 0 Å². The highest BCUT2D eigenvalue weighted by atomic mass is 35.5. The van der Waals surface area contributed by atoms with Crippen molar-refractivity contribution in [3.63, 3.8) is 0 Å². The van der Waals surface area contributed by atoms with Gasteiger partial charge in [-0.15, -0.1) is 15.7 Å². The van der Waals surface area contributed by atoms with Crippen LogP contribution in [0.2, 0.25) is 5.02 Å². The number of amidine groups is 1. The molecular formula is C13H13ClFN7O2S2. The number of aliphatic imine (C=N–C) groups is 1. The maximum absolute atomic E-state index is 13.3. The van der Waals surface area contributed by atoms with Gasteiger partial charge in [0.2, 0.25) is 5.13 Å². The van der Waals surface area contributed by atoms with E-state index in [4.69, 9.17) is 22.3 Å². The SMILES string of the molecule is Nc1nnc(SCC2NON=C2C(=NCO)Nc2ccc(F)c(Cl)c2)s1. The lowest BCUT2D eigenvalue weighted by Crippen LogP contribution is -2.39. The van der Waals surface area contributed by atoms with E-state index in [1.54, 1.807) is 0 Å². The van der Waals surface area contributed by atoms with E-state index in [1.807, 2.05) is 0 Å². The van der Waals surface area contributed by atoms with Crippen molar-refractivity contribution < 1.29 is 14.4 Å². The minimum Gasteiger partial charge on any atom is -0.374 e. The van der Waals surface area contributed by atoms with Crippen LogP contribution >= 0.6 is 34.7 Å². The molecule has 9 nitrogen and oxygen atoms in total. The van der Waals surface area contributed by atoms with Crippen LogP contribution in [0.5, 0.6) is 0 Å². The molecule has 138 valence electrons. The van der Waals surface area contributed by atoms with Gasteiger partial charge in [0.05, 0.1) is 5.02 Å². The average Bonchev–Trinajstić information content (AvgIpc) is 3.24. The Hall–Kier alpha value is -1.99. The van der Waals surface area contributed by atoms with Gasteiger partial charge in [-0.1, -0.05) is 39.9 Å². The molecule has 2 aromatic rings. The number of hydrogen-bond donors (Lipinski definition) is 4. The first-order valence-corrected chi connectivity index (χ1v) is 9.33. The zero-order chi connectivity index (χ0) is 18.5. The number of hydrogen-bond acceptors (Lipinski definition) is 10. The van der Waals surface area contributed by atoms with Gasteiger partial charge in [0.25, 0.3) is 0 Å². The van der Waals surface area contributed by atoms with Crippen LogP contribution in [-0.2, 0) is 4.94 Å². The third kappa shape index (κ3) is 4.59. The monoisotopic (exact) mass is 417 g/mol. The molecule has 1 atom stereocenters. The number of anilines is 2. The van der Waals surface area contributed by atoms with Crippen molar-refractivity contribution in [2.75, 3.05) is 23.5 Å². The second kappa shape index (κ2) is 8.60. The number of nitrogens with zero attached hydrogens (tertiary/aromatic N) is 4. The number of halogens is 2. The van der Waals surface area contributed by atoms with Crippen molar-refractivity contribution in [1.82, 2.24) is 15.7 Å². The Morgan fingerprint density at radius 1 is 1.54 bits per heavy atom. The van der Waals surface area contributed by atoms with Crippen molar-refractivity contribution in [2.24, 2.45) is 10.1 Å². The van der Waals surface area contributed by atoms with E-state index in [0.717, 1.165) is 0 Å². The lowest BCUT2D eigenvalue weighted by atomic mass is 10.2. The topological polar surface area (TPSA) is 130 Å². The summed E-state index contributed by atoms with van der Waals surface area (Å²) in [5.41, 5.74) is 9.22. The summed E-state index contributed by atoms with van der Waals surface area (Å²) in [6.45, 7) is -0.469. The summed E-state index contributed by atoms with van der Waals surface area (Å²) in [5, 5.41) is 24.1. The number of nitrogen functional groups attached to an aromatic ring is 1. The summed E-state index contributed by atoms with van der Waals surface area (Å²) >= 11 is 8.47. The second-order valence-corrected chi connectivity index (χ2v) is 7.54. The fourth-order valence-corrected chi connectivity index (χ4v) is 3.83. The van der Waals surface area contributed by atoms with E-state index in [9.17, 15) is 9.50 Å². The van der Waals surface area contributed by atoms with Crippen LogP contribution in [0.25, 0.3) is 0 Å². The van der Waals surface area contributed by atoms with Crippen LogP contribution < -0.4 is 16.5 Å². The molecule has 13 heteroatoms. The van der Waals surface area contributed by atoms with Gasteiger partial charge in [-0.05, 0) is 18.2 Å². The lowest BCUT2D eigenvalue weighted by Gasteiger charge is -2.13. The highest BCUT2D eigenvalue weighted by molar-refractivity contribution is 8.01. The minimum absolute atomic E-state index is 0.0398. The number of thioether (sulfide) groups is 1. The standard InChI is InChI=1S/C13H13ClFN7O2S2/c14-7-3-6(1-2-8(7)15)18-11(17-5-23)10-9(21-24-22-10)4-25-13-20-19-12(16)26-13/h1-3,9,21,23H,4-5H2,(H2,16,19)(H,17,18). The molecule has 2 heterocycles. The molecule has 1 aliphatic rings. The van der Waals surface area contributed by atoms with E-state index >= 15 is 0 Å². The zero-order valence-electron chi connectivity index (χ0n) is 13.0. The maximum atomic E-state index is 13.3. The Balaban J connectivity index is 1.71. The number of aliphatic hydroxyl groups is 1. The number of aromatic nitrogens is 2. The molecule has 1 unspecified atom stereocenters. The average molecular weight is 418 g/mol. The molecule has 1 aliphatic heterocycles. The van der Waals surface area contributed by atoms with Gasteiger partial charge in [0, 0.05) is 11.4 Å². The summed E-state index contributed by atoms with van der Waals surface area (Å²) in [6.07, 6.45) is 0. The van der Waals surface area contributed by atoms with Crippen LogP contribution in [0, 0.1) is 5.82 Å². The van der Waals surface area contributed by atoms with Gasteiger partial charge in [-0.25, -0.2) is 9.38 Å². The molecule has 0 saturated carbocycles. The predicted molar refractivity (Wildman–Crippen MR) is 100 cm³/mol. The number of benzene rings is 1. The molecule has 5 N–H and O–H groups in total. The van der Waals surface area contributed by atoms with Crippen LogP contribution in [0.3, 0.4) is 0 Å². The first-order valence-electron chi connectivity index (χ1n) is 7.15. The first kappa shape index (κ1) is 18.8. The fourth-order valence-electron chi connectivity index (χ4n) is 1.98. The van der Waals surface area contributed by atoms with E-state index in [0.29, 0.717) is 26.6 Å². The van der Waals surface area contributed by atoms with Crippen molar-refractivity contribution in [3.05, 3.63) is 29.0 Å². The van der Waals surface area contributed by atoms with Crippen LogP contribution in [0.4, 0.5) is 15.2 Å². The molecule has 0 saturated heterocycles. The quantitative estimate of drug-likeness (QED) is 0.317. The number of nitrogens with one attached hydrogen (secondary N) is 2. The second-order valence-electron chi connectivity index (χ2n) is 4.86. The summed E-state index contributed by atoms with van der Waals surface area (Å²) in [4.78, 5) is 8.93. The van der Waals surface area contributed by atoms with Crippen LogP contribution in [0.15, 0.2) is 32.7 Å². The Kier molecular flexibility index (Phi) is 6.21. The minimum atomic E-state index is -0.535. The van der Waals surface area contributed by atoms with E-state index in [2.05, 4.69) is 31.1 Å². The molecule has 1 aromatic carbocycles. The van der Waals surface area contributed by atoms with Gasteiger partial charge in [0.1, 0.15) is 24.3 Å². The molecule has 0 aliphatic carbocycles. The highest BCUT2D eigenvalue weighted by Crippen LogP contribution is 2.25.